The van der Waals surface area contributed by atoms with Crippen molar-refractivity contribution in [2.75, 3.05) is 0 Å². The SMILES string of the molecule is O=C(Cl)c1ccc(C(=O)c2cccc(C(=O)Cl)c2)cc1. The zero-order chi connectivity index (χ0) is 14.7. The van der Waals surface area contributed by atoms with E-state index in [9.17, 15) is 14.4 Å². The Labute approximate surface area is 125 Å². The largest absolute Gasteiger partial charge is 0.289 e. The van der Waals surface area contributed by atoms with Crippen LogP contribution in [0.1, 0.15) is 36.6 Å². The fraction of sp³-hybridized carbons (Fsp3) is 0. The van der Waals surface area contributed by atoms with E-state index in [-0.39, 0.29) is 11.3 Å². The maximum absolute atomic E-state index is 12.2. The molecule has 3 nitrogen and oxygen atoms in total. The van der Waals surface area contributed by atoms with Crippen LogP contribution in [0.25, 0.3) is 0 Å². The van der Waals surface area contributed by atoms with E-state index in [1.54, 1.807) is 12.1 Å². The van der Waals surface area contributed by atoms with Gasteiger partial charge in [0.05, 0.1) is 0 Å². The van der Waals surface area contributed by atoms with Gasteiger partial charge in [0.25, 0.3) is 10.5 Å². The van der Waals surface area contributed by atoms with Crippen molar-refractivity contribution >= 4 is 39.5 Å². The van der Waals surface area contributed by atoms with Crippen molar-refractivity contribution in [2.45, 2.75) is 0 Å². The second kappa shape index (κ2) is 5.99. The van der Waals surface area contributed by atoms with Gasteiger partial charge in [-0.15, -0.1) is 0 Å². The Balaban J connectivity index is 2.33. The van der Waals surface area contributed by atoms with Crippen LogP contribution in [0.4, 0.5) is 0 Å². The summed E-state index contributed by atoms with van der Waals surface area (Å²) in [7, 11) is 0. The highest BCUT2D eigenvalue weighted by atomic mass is 35.5. The molecule has 100 valence electrons. The molecule has 0 saturated heterocycles. The quantitative estimate of drug-likeness (QED) is 0.639. The van der Waals surface area contributed by atoms with Crippen LogP contribution in [-0.4, -0.2) is 16.3 Å². The first kappa shape index (κ1) is 14.4. The zero-order valence-electron chi connectivity index (χ0n) is 10.1. The van der Waals surface area contributed by atoms with Gasteiger partial charge < -0.3 is 0 Å². The van der Waals surface area contributed by atoms with E-state index in [1.807, 2.05) is 0 Å². The van der Waals surface area contributed by atoms with Crippen LogP contribution in [0, 0.1) is 0 Å². The summed E-state index contributed by atoms with van der Waals surface area (Å²) < 4.78 is 0. The van der Waals surface area contributed by atoms with Crippen LogP contribution >= 0.6 is 23.2 Å². The predicted molar refractivity (Wildman–Crippen MR) is 76.7 cm³/mol. The molecule has 0 aliphatic heterocycles. The van der Waals surface area contributed by atoms with Crippen LogP contribution in [0.2, 0.25) is 0 Å². The molecule has 0 bridgehead atoms. The molecule has 20 heavy (non-hydrogen) atoms. The van der Waals surface area contributed by atoms with E-state index in [1.165, 1.54) is 36.4 Å². The van der Waals surface area contributed by atoms with E-state index in [2.05, 4.69) is 0 Å². The monoisotopic (exact) mass is 306 g/mol. The standard InChI is InChI=1S/C15H8Cl2O3/c16-14(19)10-6-4-9(5-7-10)13(18)11-2-1-3-12(8-11)15(17)20/h1-8H. The van der Waals surface area contributed by atoms with Gasteiger partial charge in [-0.25, -0.2) is 0 Å². The molecule has 0 fully saturated rings. The number of ketones is 1. The summed E-state index contributed by atoms with van der Waals surface area (Å²) in [5, 5.41) is -1.21. The third-order valence-corrected chi connectivity index (χ3v) is 3.16. The molecule has 0 N–H and O–H groups in total. The average molecular weight is 307 g/mol. The molecule has 0 aliphatic carbocycles. The van der Waals surface area contributed by atoms with Gasteiger partial charge in [0.15, 0.2) is 5.78 Å². The van der Waals surface area contributed by atoms with Gasteiger partial charge >= 0.3 is 0 Å². The summed E-state index contributed by atoms with van der Waals surface area (Å²) in [6, 6.07) is 12.1. The lowest BCUT2D eigenvalue weighted by molar-refractivity contribution is 0.103. The van der Waals surface area contributed by atoms with Gasteiger partial charge in [0.1, 0.15) is 0 Å². The third-order valence-electron chi connectivity index (χ3n) is 2.73. The number of hydrogen-bond acceptors (Lipinski definition) is 3. The number of carbonyl (C=O) groups excluding carboxylic acids is 3. The fourth-order valence-corrected chi connectivity index (χ4v) is 1.95. The van der Waals surface area contributed by atoms with Crippen molar-refractivity contribution in [3.8, 4) is 0 Å². The minimum atomic E-state index is -0.622. The van der Waals surface area contributed by atoms with Crippen molar-refractivity contribution in [1.82, 2.24) is 0 Å². The molecule has 2 aromatic rings. The maximum Gasteiger partial charge on any atom is 0.252 e. The molecule has 0 amide bonds. The van der Waals surface area contributed by atoms with Crippen LogP contribution in [0.3, 0.4) is 0 Å². The Morgan fingerprint density at radius 1 is 0.650 bits per heavy atom. The van der Waals surface area contributed by atoms with Crippen LogP contribution in [0.15, 0.2) is 48.5 Å². The number of hydrogen-bond donors (Lipinski definition) is 0. The zero-order valence-corrected chi connectivity index (χ0v) is 11.6. The molecule has 2 aromatic carbocycles. The van der Waals surface area contributed by atoms with Gasteiger partial charge in [0, 0.05) is 22.3 Å². The van der Waals surface area contributed by atoms with Crippen molar-refractivity contribution in [3.05, 3.63) is 70.8 Å². The van der Waals surface area contributed by atoms with E-state index in [0.717, 1.165) is 0 Å². The summed E-state index contributed by atoms with van der Waals surface area (Å²) in [6.45, 7) is 0. The molecule has 0 radical (unpaired) electrons. The Morgan fingerprint density at radius 3 is 1.70 bits per heavy atom. The van der Waals surface area contributed by atoms with Crippen molar-refractivity contribution < 1.29 is 14.4 Å². The molecule has 0 spiro atoms. The first-order chi connectivity index (χ1) is 9.49. The minimum Gasteiger partial charge on any atom is -0.289 e. The molecule has 0 aliphatic rings. The lowest BCUT2D eigenvalue weighted by Crippen LogP contribution is -2.03. The van der Waals surface area contributed by atoms with Crippen LogP contribution in [0.5, 0.6) is 0 Å². The summed E-state index contributed by atoms with van der Waals surface area (Å²) in [5.41, 5.74) is 1.31. The Kier molecular flexibility index (Phi) is 4.32. The van der Waals surface area contributed by atoms with Crippen molar-refractivity contribution in [1.29, 1.82) is 0 Å². The Morgan fingerprint density at radius 2 is 1.15 bits per heavy atom. The first-order valence-electron chi connectivity index (χ1n) is 5.63. The molecule has 0 heterocycles. The van der Waals surface area contributed by atoms with Crippen LogP contribution in [-0.2, 0) is 0 Å². The van der Waals surface area contributed by atoms with Gasteiger partial charge in [-0.05, 0) is 41.4 Å². The highest BCUT2D eigenvalue weighted by Gasteiger charge is 2.12. The minimum absolute atomic E-state index is 0.255. The molecule has 2 rings (SSSR count). The number of rotatable bonds is 4. The third kappa shape index (κ3) is 3.13. The molecule has 5 heteroatoms. The topological polar surface area (TPSA) is 51.2 Å². The molecule has 0 atom stereocenters. The number of carbonyl (C=O) groups is 3. The van der Waals surface area contributed by atoms with Gasteiger partial charge in [-0.2, -0.15) is 0 Å². The molecule has 0 aromatic heterocycles. The smallest absolute Gasteiger partial charge is 0.252 e. The maximum atomic E-state index is 12.2. The summed E-state index contributed by atoms with van der Waals surface area (Å²) in [5.74, 6) is -0.265. The highest BCUT2D eigenvalue weighted by Crippen LogP contribution is 2.14. The van der Waals surface area contributed by atoms with Crippen LogP contribution < -0.4 is 0 Å². The second-order valence-corrected chi connectivity index (χ2v) is 4.72. The normalized spacial score (nSPS) is 10.1. The molecule has 0 saturated carbocycles. The predicted octanol–water partition coefficient (Wildman–Crippen LogP) is 3.68. The van der Waals surface area contributed by atoms with Crippen molar-refractivity contribution in [3.63, 3.8) is 0 Å². The lowest BCUT2D eigenvalue weighted by atomic mass is 10.0. The van der Waals surface area contributed by atoms with E-state index in [4.69, 9.17) is 23.2 Å². The average Bonchev–Trinajstić information content (AvgIpc) is 2.46. The number of benzene rings is 2. The summed E-state index contributed by atoms with van der Waals surface area (Å²) >= 11 is 10.7. The van der Waals surface area contributed by atoms with Gasteiger partial charge in [0.2, 0.25) is 0 Å². The van der Waals surface area contributed by atoms with E-state index >= 15 is 0 Å². The summed E-state index contributed by atoms with van der Waals surface area (Å²) in [6.07, 6.45) is 0. The second-order valence-electron chi connectivity index (χ2n) is 4.03. The molecule has 0 unspecified atom stereocenters. The highest BCUT2D eigenvalue weighted by molar-refractivity contribution is 6.68. The Hall–Kier alpha value is -1.97. The number of halogens is 2. The fourth-order valence-electron chi connectivity index (χ4n) is 1.70. The lowest BCUT2D eigenvalue weighted by Gasteiger charge is -2.03. The van der Waals surface area contributed by atoms with E-state index in [0.29, 0.717) is 16.7 Å². The summed E-state index contributed by atoms with van der Waals surface area (Å²) in [4.78, 5) is 34.3. The molecular weight excluding hydrogens is 299 g/mol. The van der Waals surface area contributed by atoms with Crippen molar-refractivity contribution in [2.24, 2.45) is 0 Å². The Bertz CT molecular complexity index is 691. The van der Waals surface area contributed by atoms with E-state index < -0.39 is 10.5 Å². The van der Waals surface area contributed by atoms with Gasteiger partial charge in [-0.3, -0.25) is 14.4 Å². The van der Waals surface area contributed by atoms with Gasteiger partial charge in [-0.1, -0.05) is 30.3 Å². The molecular formula is C15H8Cl2O3. The first-order valence-corrected chi connectivity index (χ1v) is 6.39.